The third-order valence-corrected chi connectivity index (χ3v) is 5.89. The van der Waals surface area contributed by atoms with Crippen molar-refractivity contribution in [1.82, 2.24) is 10.3 Å². The van der Waals surface area contributed by atoms with Gasteiger partial charge in [-0.1, -0.05) is 43.2 Å². The Bertz CT molecular complexity index is 812. The van der Waals surface area contributed by atoms with E-state index in [2.05, 4.69) is 28.2 Å². The number of amides is 1. The van der Waals surface area contributed by atoms with E-state index in [9.17, 15) is 4.79 Å². The van der Waals surface area contributed by atoms with Gasteiger partial charge in [-0.15, -0.1) is 0 Å². The normalized spacial score (nSPS) is 16.1. The average Bonchev–Trinajstić information content (AvgIpc) is 3.30. The van der Waals surface area contributed by atoms with Crippen molar-refractivity contribution in [2.45, 2.75) is 44.8 Å². The van der Waals surface area contributed by atoms with Gasteiger partial charge in [0.05, 0.1) is 11.4 Å². The van der Waals surface area contributed by atoms with E-state index in [0.29, 0.717) is 36.3 Å². The molecule has 2 unspecified atom stereocenters. The molecule has 1 fully saturated rings. The summed E-state index contributed by atoms with van der Waals surface area (Å²) in [6.07, 6.45) is 4.24. The largest absolute Gasteiger partial charge is 0.463 e. The lowest BCUT2D eigenvalue weighted by molar-refractivity contribution is -0.127. The van der Waals surface area contributed by atoms with Gasteiger partial charge in [0.1, 0.15) is 0 Å². The third-order valence-electron chi connectivity index (χ3n) is 5.42. The number of rotatable bonds is 10. The predicted octanol–water partition coefficient (Wildman–Crippen LogP) is 3.49. The molecule has 0 spiro atoms. The molecular formula is C23H32N4O2S. The van der Waals surface area contributed by atoms with Crippen LogP contribution in [0.15, 0.2) is 42.5 Å². The number of nitrogens with two attached hydrogens (primary N) is 1. The second-order valence-electron chi connectivity index (χ2n) is 7.89. The molecule has 0 radical (unpaired) electrons. The molecule has 1 heterocycles. The summed E-state index contributed by atoms with van der Waals surface area (Å²) in [6, 6.07) is 13.6. The van der Waals surface area contributed by atoms with E-state index in [1.807, 2.05) is 42.5 Å². The number of benzene rings is 1. The van der Waals surface area contributed by atoms with Crippen molar-refractivity contribution in [2.24, 2.45) is 11.7 Å². The number of carbonyl (C=O) groups is 1. The number of hydrogen-bond acceptors (Lipinski definition) is 6. The van der Waals surface area contributed by atoms with Gasteiger partial charge in [0.25, 0.3) is 5.91 Å². The highest BCUT2D eigenvalue weighted by atomic mass is 32.1. The molecule has 1 aromatic heterocycles. The number of nitrogens with one attached hydrogen (secondary N) is 2. The first-order valence-corrected chi connectivity index (χ1v) is 11.3. The molecule has 1 aromatic carbocycles. The van der Waals surface area contributed by atoms with Crippen LogP contribution in [0.4, 0.5) is 5.69 Å². The number of hydrogen-bond donors (Lipinski definition) is 4. The molecule has 2 aromatic rings. The fourth-order valence-corrected chi connectivity index (χ4v) is 3.69. The van der Waals surface area contributed by atoms with Crippen molar-refractivity contribution in [1.29, 1.82) is 0 Å². The van der Waals surface area contributed by atoms with Crippen LogP contribution in [-0.2, 0) is 4.79 Å². The Hall–Kier alpha value is -2.25. The summed E-state index contributed by atoms with van der Waals surface area (Å²) in [7, 11) is 0. The number of thiol groups is 1. The minimum absolute atomic E-state index is 0.0953. The van der Waals surface area contributed by atoms with E-state index in [4.69, 9.17) is 10.5 Å². The van der Waals surface area contributed by atoms with Crippen LogP contribution >= 0.6 is 12.6 Å². The van der Waals surface area contributed by atoms with Crippen LogP contribution in [0.25, 0.3) is 11.3 Å². The van der Waals surface area contributed by atoms with Gasteiger partial charge in [0.15, 0.2) is 6.10 Å². The van der Waals surface area contributed by atoms with Crippen LogP contribution < -0.4 is 21.1 Å². The van der Waals surface area contributed by atoms with Crippen molar-refractivity contribution < 1.29 is 9.53 Å². The van der Waals surface area contributed by atoms with Crippen molar-refractivity contribution >= 4 is 24.2 Å². The lowest BCUT2D eigenvalue weighted by Crippen LogP contribution is -2.38. The fourth-order valence-electron chi connectivity index (χ4n) is 3.56. The predicted molar refractivity (Wildman–Crippen MR) is 125 cm³/mol. The van der Waals surface area contributed by atoms with E-state index in [1.165, 1.54) is 25.7 Å². The van der Waals surface area contributed by atoms with Crippen LogP contribution in [-0.4, -0.2) is 41.9 Å². The highest BCUT2D eigenvalue weighted by Gasteiger charge is 2.21. The van der Waals surface area contributed by atoms with E-state index >= 15 is 0 Å². The first-order valence-electron chi connectivity index (χ1n) is 10.7. The van der Waals surface area contributed by atoms with Crippen molar-refractivity contribution in [3.8, 4) is 17.1 Å². The molecule has 30 heavy (non-hydrogen) atoms. The summed E-state index contributed by atoms with van der Waals surface area (Å²) in [5.74, 6) is 1.43. The molecule has 6 nitrogen and oxygen atoms in total. The molecule has 162 valence electrons. The van der Waals surface area contributed by atoms with Gasteiger partial charge in [-0.05, 0) is 37.8 Å². The van der Waals surface area contributed by atoms with Gasteiger partial charge in [-0.3, -0.25) is 4.79 Å². The van der Waals surface area contributed by atoms with Gasteiger partial charge >= 0.3 is 0 Å². The summed E-state index contributed by atoms with van der Waals surface area (Å²) < 4.78 is 6.00. The van der Waals surface area contributed by atoms with Crippen molar-refractivity contribution in [3.05, 3.63) is 42.5 Å². The lowest BCUT2D eigenvalue weighted by Gasteiger charge is -2.19. The van der Waals surface area contributed by atoms with Crippen LogP contribution in [0.2, 0.25) is 0 Å². The molecule has 0 saturated heterocycles. The second kappa shape index (κ2) is 11.2. The Morgan fingerprint density at radius 3 is 2.67 bits per heavy atom. The van der Waals surface area contributed by atoms with Gasteiger partial charge in [0.2, 0.25) is 5.88 Å². The topological polar surface area (TPSA) is 89.3 Å². The number of ether oxygens (including phenoxy) is 1. The fraction of sp³-hybridized carbons (Fsp3) is 0.478. The second-order valence-corrected chi connectivity index (χ2v) is 8.26. The SMILES string of the molecule is CC(Oc1nc(-c2ccccc2)ccc1NCC(N)CS)C(=O)NCC1CCCC1. The maximum atomic E-state index is 12.6. The minimum Gasteiger partial charge on any atom is -0.463 e. The average molecular weight is 429 g/mol. The highest BCUT2D eigenvalue weighted by Crippen LogP contribution is 2.28. The van der Waals surface area contributed by atoms with Crippen LogP contribution in [0.1, 0.15) is 32.6 Å². The zero-order valence-electron chi connectivity index (χ0n) is 17.5. The molecule has 1 saturated carbocycles. The Labute approximate surface area is 184 Å². The zero-order valence-corrected chi connectivity index (χ0v) is 18.4. The van der Waals surface area contributed by atoms with Gasteiger partial charge < -0.3 is 21.1 Å². The Morgan fingerprint density at radius 2 is 1.97 bits per heavy atom. The number of aromatic nitrogens is 1. The minimum atomic E-state index is -0.649. The van der Waals surface area contributed by atoms with Crippen molar-refractivity contribution in [2.75, 3.05) is 24.2 Å². The highest BCUT2D eigenvalue weighted by molar-refractivity contribution is 7.80. The number of carbonyl (C=O) groups excluding carboxylic acids is 1. The Kier molecular flexibility index (Phi) is 8.39. The van der Waals surface area contributed by atoms with Crippen LogP contribution in [0.5, 0.6) is 5.88 Å². The number of anilines is 1. The molecule has 4 N–H and O–H groups in total. The summed E-state index contributed by atoms with van der Waals surface area (Å²) in [5, 5.41) is 6.30. The number of nitrogens with zero attached hydrogens (tertiary/aromatic N) is 1. The van der Waals surface area contributed by atoms with E-state index < -0.39 is 6.10 Å². The van der Waals surface area contributed by atoms with E-state index in [1.54, 1.807) is 6.92 Å². The van der Waals surface area contributed by atoms with E-state index in [0.717, 1.165) is 11.3 Å². The molecule has 0 bridgehead atoms. The zero-order chi connectivity index (χ0) is 21.3. The molecule has 0 aliphatic heterocycles. The maximum Gasteiger partial charge on any atom is 0.260 e. The lowest BCUT2D eigenvalue weighted by atomic mass is 10.1. The summed E-state index contributed by atoms with van der Waals surface area (Å²) >= 11 is 4.23. The monoisotopic (exact) mass is 428 g/mol. The maximum absolute atomic E-state index is 12.6. The molecule has 1 aliphatic rings. The summed E-state index contributed by atoms with van der Waals surface area (Å²) in [6.45, 7) is 3.00. The standard InChI is InChI=1S/C23H32N4O2S/c1-16(22(28)26-13-17-7-5-6-8-17)29-23-21(25-14-19(24)15-30)12-11-20(27-23)18-9-3-2-4-10-18/h2-4,9-12,16-17,19,25,30H,5-8,13-15,24H2,1H3,(H,26,28). The van der Waals surface area contributed by atoms with Crippen LogP contribution in [0, 0.1) is 5.92 Å². The molecule has 1 amide bonds. The molecular weight excluding hydrogens is 396 g/mol. The molecule has 7 heteroatoms. The molecule has 1 aliphatic carbocycles. The smallest absolute Gasteiger partial charge is 0.260 e. The molecule has 3 rings (SSSR count). The van der Waals surface area contributed by atoms with Crippen molar-refractivity contribution in [3.63, 3.8) is 0 Å². The Morgan fingerprint density at radius 1 is 1.23 bits per heavy atom. The quantitative estimate of drug-likeness (QED) is 0.435. The Balaban J connectivity index is 1.72. The summed E-state index contributed by atoms with van der Waals surface area (Å²) in [4.78, 5) is 17.3. The third kappa shape index (κ3) is 6.37. The first-order chi connectivity index (χ1) is 14.6. The summed E-state index contributed by atoms with van der Waals surface area (Å²) in [5.41, 5.74) is 8.46. The van der Waals surface area contributed by atoms with Gasteiger partial charge in [0, 0.05) is 30.4 Å². The first kappa shape index (κ1) is 22.4. The number of pyridine rings is 1. The van der Waals surface area contributed by atoms with Crippen LogP contribution in [0.3, 0.4) is 0 Å². The molecule has 2 atom stereocenters. The van der Waals surface area contributed by atoms with Gasteiger partial charge in [-0.2, -0.15) is 12.6 Å². The van der Waals surface area contributed by atoms with E-state index in [-0.39, 0.29) is 11.9 Å². The van der Waals surface area contributed by atoms with Gasteiger partial charge in [-0.25, -0.2) is 4.98 Å².